The van der Waals surface area contributed by atoms with E-state index in [1.54, 1.807) is 13.1 Å². The maximum atomic E-state index is 13.2. The minimum Gasteiger partial charge on any atom is -0.490 e. The second-order valence-electron chi connectivity index (χ2n) is 5.09. The van der Waals surface area contributed by atoms with Crippen molar-refractivity contribution in [3.8, 4) is 5.75 Å². The van der Waals surface area contributed by atoms with E-state index in [4.69, 9.17) is 10.5 Å². The van der Waals surface area contributed by atoms with Gasteiger partial charge < -0.3 is 15.8 Å². The van der Waals surface area contributed by atoms with Crippen LogP contribution in [0.5, 0.6) is 5.75 Å². The lowest BCUT2D eigenvalue weighted by Gasteiger charge is -2.25. The molecule has 0 radical (unpaired) electrons. The number of nitrogens with two attached hydrogens (primary N) is 1. The Hall–Kier alpha value is -1.62. The molecule has 19 heavy (non-hydrogen) atoms. The van der Waals surface area contributed by atoms with E-state index in [2.05, 4.69) is 5.32 Å². The summed E-state index contributed by atoms with van der Waals surface area (Å²) in [6, 6.07) is 4.45. The van der Waals surface area contributed by atoms with Crippen LogP contribution < -0.4 is 15.8 Å². The maximum absolute atomic E-state index is 13.2. The molecular weight excluding hydrogens is 247 g/mol. The van der Waals surface area contributed by atoms with Gasteiger partial charge in [0.15, 0.2) is 0 Å². The van der Waals surface area contributed by atoms with Crippen LogP contribution in [-0.2, 0) is 4.79 Å². The summed E-state index contributed by atoms with van der Waals surface area (Å²) in [6.45, 7) is 1.86. The molecule has 0 saturated heterocycles. The first-order chi connectivity index (χ1) is 8.97. The number of benzene rings is 1. The first-order valence-corrected chi connectivity index (χ1v) is 6.38. The molecule has 4 nitrogen and oxygen atoms in total. The largest absolute Gasteiger partial charge is 0.490 e. The van der Waals surface area contributed by atoms with Crippen molar-refractivity contribution in [1.29, 1.82) is 0 Å². The summed E-state index contributed by atoms with van der Waals surface area (Å²) in [5.41, 5.74) is 5.61. The van der Waals surface area contributed by atoms with Gasteiger partial charge in [0.2, 0.25) is 5.91 Å². The predicted octanol–water partition coefficient (Wildman–Crippen LogP) is 1.51. The number of halogens is 1. The fraction of sp³-hybridized carbons (Fsp3) is 0.500. The van der Waals surface area contributed by atoms with Crippen LogP contribution in [0.25, 0.3) is 0 Å². The Labute approximate surface area is 112 Å². The summed E-state index contributed by atoms with van der Waals surface area (Å²) in [7, 11) is 1.72. The number of aryl methyl sites for hydroxylation is 1. The number of ether oxygens (including phenoxy) is 1. The van der Waals surface area contributed by atoms with Crippen LogP contribution in [0.2, 0.25) is 0 Å². The molecule has 3 N–H and O–H groups in total. The van der Waals surface area contributed by atoms with Crippen LogP contribution in [0, 0.1) is 12.7 Å². The normalized spacial score (nSPS) is 26.4. The summed E-state index contributed by atoms with van der Waals surface area (Å²) in [5.74, 6) is -0.160. The molecule has 1 aromatic carbocycles. The van der Waals surface area contributed by atoms with E-state index in [9.17, 15) is 9.18 Å². The molecule has 1 amide bonds. The van der Waals surface area contributed by atoms with Gasteiger partial charge in [-0.2, -0.15) is 0 Å². The predicted molar refractivity (Wildman–Crippen MR) is 70.4 cm³/mol. The highest BCUT2D eigenvalue weighted by molar-refractivity contribution is 5.85. The SMILES string of the molecule is CNC1(C(N)=O)CCC(Oc2cc(F)ccc2C)C1. The van der Waals surface area contributed by atoms with Crippen LogP contribution in [-0.4, -0.2) is 24.6 Å². The van der Waals surface area contributed by atoms with Crippen molar-refractivity contribution in [1.82, 2.24) is 5.32 Å². The lowest BCUT2D eigenvalue weighted by molar-refractivity contribution is -0.124. The van der Waals surface area contributed by atoms with Crippen LogP contribution in [0.1, 0.15) is 24.8 Å². The number of hydrogen-bond donors (Lipinski definition) is 2. The van der Waals surface area contributed by atoms with Crippen LogP contribution >= 0.6 is 0 Å². The van der Waals surface area contributed by atoms with Gasteiger partial charge in [0.25, 0.3) is 0 Å². The van der Waals surface area contributed by atoms with Gasteiger partial charge in [-0.15, -0.1) is 0 Å². The molecule has 104 valence electrons. The highest BCUT2D eigenvalue weighted by Crippen LogP contribution is 2.33. The summed E-state index contributed by atoms with van der Waals surface area (Å²) >= 11 is 0. The molecule has 1 aliphatic carbocycles. The molecule has 1 aromatic rings. The lowest BCUT2D eigenvalue weighted by Crippen LogP contribution is -2.52. The minimum atomic E-state index is -0.702. The van der Waals surface area contributed by atoms with E-state index in [1.165, 1.54) is 12.1 Å². The zero-order valence-electron chi connectivity index (χ0n) is 11.2. The molecule has 0 heterocycles. The molecule has 0 bridgehead atoms. The fourth-order valence-electron chi connectivity index (χ4n) is 2.56. The molecule has 0 aliphatic heterocycles. The molecule has 5 heteroatoms. The smallest absolute Gasteiger partial charge is 0.237 e. The fourth-order valence-corrected chi connectivity index (χ4v) is 2.56. The van der Waals surface area contributed by atoms with Gasteiger partial charge in [-0.3, -0.25) is 4.79 Å². The van der Waals surface area contributed by atoms with Gasteiger partial charge in [-0.1, -0.05) is 6.07 Å². The molecule has 2 rings (SSSR count). The summed E-state index contributed by atoms with van der Waals surface area (Å²) in [4.78, 5) is 11.5. The topological polar surface area (TPSA) is 64.3 Å². The third kappa shape index (κ3) is 2.71. The van der Waals surface area contributed by atoms with E-state index in [0.29, 0.717) is 18.6 Å². The number of primary amides is 1. The van der Waals surface area contributed by atoms with Gasteiger partial charge in [0.05, 0.1) is 0 Å². The quantitative estimate of drug-likeness (QED) is 0.868. The molecule has 2 atom stereocenters. The summed E-state index contributed by atoms with van der Waals surface area (Å²) in [6.07, 6.45) is 1.74. The van der Waals surface area contributed by atoms with Crippen molar-refractivity contribution in [2.75, 3.05) is 7.05 Å². The van der Waals surface area contributed by atoms with Crippen molar-refractivity contribution in [3.05, 3.63) is 29.6 Å². The van der Waals surface area contributed by atoms with Crippen LogP contribution in [0.15, 0.2) is 18.2 Å². The monoisotopic (exact) mass is 266 g/mol. The summed E-state index contributed by atoms with van der Waals surface area (Å²) in [5, 5.41) is 2.99. The number of carbonyl (C=O) groups is 1. The highest BCUT2D eigenvalue weighted by atomic mass is 19.1. The molecule has 2 unspecified atom stereocenters. The van der Waals surface area contributed by atoms with Gasteiger partial charge in [-0.05, 0) is 38.4 Å². The highest BCUT2D eigenvalue weighted by Gasteiger charge is 2.43. The van der Waals surface area contributed by atoms with Crippen molar-refractivity contribution in [3.63, 3.8) is 0 Å². The third-order valence-electron chi connectivity index (χ3n) is 3.86. The van der Waals surface area contributed by atoms with Crippen molar-refractivity contribution >= 4 is 5.91 Å². The number of likely N-dealkylation sites (N-methyl/N-ethyl adjacent to an activating group) is 1. The number of hydrogen-bond acceptors (Lipinski definition) is 3. The number of amides is 1. The molecule has 1 aliphatic rings. The van der Waals surface area contributed by atoms with E-state index >= 15 is 0 Å². The van der Waals surface area contributed by atoms with Crippen molar-refractivity contribution in [2.45, 2.75) is 37.8 Å². The Bertz CT molecular complexity index is 492. The Balaban J connectivity index is 2.10. The Kier molecular flexibility index (Phi) is 3.75. The Morgan fingerprint density at radius 1 is 1.58 bits per heavy atom. The average molecular weight is 266 g/mol. The second-order valence-corrected chi connectivity index (χ2v) is 5.09. The standard InChI is InChI=1S/C14H19FN2O2/c1-9-3-4-10(15)7-12(9)19-11-5-6-14(8-11,17-2)13(16)18/h3-4,7,11,17H,5-6,8H2,1-2H3,(H2,16,18). The zero-order chi connectivity index (χ0) is 14.0. The zero-order valence-corrected chi connectivity index (χ0v) is 11.2. The van der Waals surface area contributed by atoms with E-state index in [1.807, 2.05) is 6.92 Å². The molecule has 0 spiro atoms. The minimum absolute atomic E-state index is 0.125. The van der Waals surface area contributed by atoms with E-state index < -0.39 is 5.54 Å². The van der Waals surface area contributed by atoms with Gasteiger partial charge >= 0.3 is 0 Å². The van der Waals surface area contributed by atoms with Crippen molar-refractivity contribution in [2.24, 2.45) is 5.73 Å². The Morgan fingerprint density at radius 2 is 2.32 bits per heavy atom. The lowest BCUT2D eigenvalue weighted by atomic mass is 9.97. The van der Waals surface area contributed by atoms with Crippen molar-refractivity contribution < 1.29 is 13.9 Å². The number of nitrogens with one attached hydrogen (secondary N) is 1. The van der Waals surface area contributed by atoms with Gasteiger partial charge in [-0.25, -0.2) is 4.39 Å². The first kappa shape index (κ1) is 13.8. The van der Waals surface area contributed by atoms with Crippen LogP contribution in [0.3, 0.4) is 0 Å². The molecular formula is C14H19FN2O2. The number of rotatable bonds is 4. The van der Waals surface area contributed by atoms with E-state index in [-0.39, 0.29) is 17.8 Å². The van der Waals surface area contributed by atoms with Gasteiger partial charge in [0, 0.05) is 12.5 Å². The maximum Gasteiger partial charge on any atom is 0.237 e. The molecule has 1 fully saturated rings. The first-order valence-electron chi connectivity index (χ1n) is 6.38. The summed E-state index contributed by atoms with van der Waals surface area (Å²) < 4.78 is 19.0. The van der Waals surface area contributed by atoms with E-state index in [0.717, 1.165) is 12.0 Å². The van der Waals surface area contributed by atoms with Crippen LogP contribution in [0.4, 0.5) is 4.39 Å². The molecule has 1 saturated carbocycles. The van der Waals surface area contributed by atoms with Gasteiger partial charge in [0.1, 0.15) is 23.2 Å². The Morgan fingerprint density at radius 3 is 2.89 bits per heavy atom. The second kappa shape index (κ2) is 5.17. The third-order valence-corrected chi connectivity index (χ3v) is 3.86. The molecule has 0 aromatic heterocycles. The number of carbonyl (C=O) groups excluding carboxylic acids is 1. The average Bonchev–Trinajstić information content (AvgIpc) is 2.79.